The number of aromatic hydroxyl groups is 15. The van der Waals surface area contributed by atoms with Crippen LogP contribution in [0.5, 0.6) is 86.2 Å². The molecule has 0 aliphatic carbocycles. The van der Waals surface area contributed by atoms with Crippen LogP contribution in [-0.4, -0.2) is 81.6 Å². The number of fused-ring (bicyclic) bond motifs is 6. The highest BCUT2D eigenvalue weighted by Crippen LogP contribution is 2.66. The van der Waals surface area contributed by atoms with Crippen LogP contribution in [-0.2, 0) is 0 Å². The Morgan fingerprint density at radius 3 is 1.17 bits per heavy atom. The quantitative estimate of drug-likeness (QED) is 0.0581. The van der Waals surface area contributed by atoms with Crippen molar-refractivity contribution >= 4 is 54.1 Å². The van der Waals surface area contributed by atoms with Crippen LogP contribution in [0.25, 0.3) is 76.4 Å². The fourth-order valence-electron chi connectivity index (χ4n) is 7.09. The zero-order valence-electron chi connectivity index (χ0n) is 25.7. The Balaban J connectivity index is 1.74. The number of phenols is 15. The standard InChI is InChI=1S/C36H23NO15/c38-22-18(27(43)28(44)20-19(22)29(45)35(51)36(52)30(20)46)13-16-14(23(39)31(47)33(49)25(16)41)12(15-17(13)26(42)34(50)32(48)24(15)40)10-6-3-5-9-8-4-1-2-7-11(8)37-21(9)10/h1-7,37-52H. The molecule has 0 spiro atoms. The zero-order chi connectivity index (χ0) is 37.4. The maximum Gasteiger partial charge on any atom is 0.205 e. The van der Waals surface area contributed by atoms with Crippen LogP contribution in [0.3, 0.4) is 0 Å². The molecule has 0 unspecified atom stereocenters. The number of para-hydroxylation sites is 2. The predicted molar refractivity (Wildman–Crippen MR) is 184 cm³/mol. The summed E-state index contributed by atoms with van der Waals surface area (Å²) in [7, 11) is 0. The van der Waals surface area contributed by atoms with Crippen molar-refractivity contribution in [2.24, 2.45) is 0 Å². The van der Waals surface area contributed by atoms with Gasteiger partial charge in [-0.2, -0.15) is 0 Å². The summed E-state index contributed by atoms with van der Waals surface area (Å²) in [4.78, 5) is 3.19. The van der Waals surface area contributed by atoms with Crippen LogP contribution in [0.15, 0.2) is 42.5 Å². The SMILES string of the molecule is Oc1c(O)c(O)c2c(O)c(-c3c4c(O)c(O)c(O)c(O)c4c(-c4cccc5c4[nH]c4ccccc45)c4c(O)c(O)c(O)c(O)c34)c(O)c(O)c2c1O. The molecule has 8 rings (SSSR count). The molecule has 0 saturated carbocycles. The van der Waals surface area contributed by atoms with Gasteiger partial charge in [0.1, 0.15) is 5.75 Å². The molecule has 16 heteroatoms. The van der Waals surface area contributed by atoms with E-state index in [1.165, 1.54) is 6.07 Å². The first kappa shape index (κ1) is 31.4. The monoisotopic (exact) mass is 709 g/mol. The number of rotatable bonds is 2. The van der Waals surface area contributed by atoms with Gasteiger partial charge in [0.2, 0.25) is 34.5 Å². The lowest BCUT2D eigenvalue weighted by Crippen LogP contribution is -1.96. The Morgan fingerprint density at radius 1 is 0.288 bits per heavy atom. The Labute approximate surface area is 286 Å². The highest BCUT2D eigenvalue weighted by atomic mass is 16.4. The van der Waals surface area contributed by atoms with Gasteiger partial charge in [0.15, 0.2) is 46.0 Å². The van der Waals surface area contributed by atoms with Crippen molar-refractivity contribution < 1.29 is 76.6 Å². The lowest BCUT2D eigenvalue weighted by atomic mass is 9.82. The molecule has 16 nitrogen and oxygen atoms in total. The molecule has 8 aromatic rings. The first-order valence-electron chi connectivity index (χ1n) is 14.9. The Morgan fingerprint density at radius 2 is 0.673 bits per heavy atom. The van der Waals surface area contributed by atoms with Gasteiger partial charge in [-0.3, -0.25) is 0 Å². The van der Waals surface area contributed by atoms with Gasteiger partial charge in [0.05, 0.1) is 21.9 Å². The molecule has 52 heavy (non-hydrogen) atoms. The van der Waals surface area contributed by atoms with E-state index in [1.54, 1.807) is 36.4 Å². The minimum Gasteiger partial charge on any atom is -0.506 e. The van der Waals surface area contributed by atoms with E-state index in [2.05, 4.69) is 4.98 Å². The fourth-order valence-corrected chi connectivity index (χ4v) is 7.09. The highest BCUT2D eigenvalue weighted by molar-refractivity contribution is 6.32. The molecule has 16 N–H and O–H groups in total. The molecule has 0 bridgehead atoms. The van der Waals surface area contributed by atoms with Gasteiger partial charge in [-0.05, 0) is 6.07 Å². The number of aromatic nitrogens is 1. The summed E-state index contributed by atoms with van der Waals surface area (Å²) < 4.78 is 0. The van der Waals surface area contributed by atoms with Crippen molar-refractivity contribution in [1.82, 2.24) is 4.98 Å². The molecule has 262 valence electrons. The predicted octanol–water partition coefficient (Wildman–Crippen LogP) is 5.70. The first-order valence-corrected chi connectivity index (χ1v) is 14.9. The van der Waals surface area contributed by atoms with Gasteiger partial charge in [-0.15, -0.1) is 0 Å². The second kappa shape index (κ2) is 10.1. The summed E-state index contributed by atoms with van der Waals surface area (Å²) >= 11 is 0. The lowest BCUT2D eigenvalue weighted by molar-refractivity contribution is 0.347. The molecular formula is C36H23NO15. The van der Waals surface area contributed by atoms with Crippen LogP contribution < -0.4 is 0 Å². The molecule has 1 aromatic heterocycles. The molecule has 1 heterocycles. The van der Waals surface area contributed by atoms with Gasteiger partial charge in [-0.25, -0.2) is 0 Å². The van der Waals surface area contributed by atoms with Gasteiger partial charge >= 0.3 is 0 Å². The second-order valence-corrected chi connectivity index (χ2v) is 12.0. The van der Waals surface area contributed by atoms with Gasteiger partial charge in [0, 0.05) is 54.5 Å². The average molecular weight is 710 g/mol. The van der Waals surface area contributed by atoms with E-state index in [0.717, 1.165) is 0 Å². The maximum atomic E-state index is 11.7. The number of nitrogens with one attached hydrogen (secondary N) is 1. The molecule has 0 atom stereocenters. The summed E-state index contributed by atoms with van der Waals surface area (Å²) in [6.45, 7) is 0. The fraction of sp³-hybridized carbons (Fsp3) is 0. The number of hydrogen-bond acceptors (Lipinski definition) is 15. The summed E-state index contributed by atoms with van der Waals surface area (Å²) in [6, 6.07) is 11.7. The molecule has 0 amide bonds. The van der Waals surface area contributed by atoms with Crippen LogP contribution in [0, 0.1) is 0 Å². The highest BCUT2D eigenvalue weighted by Gasteiger charge is 2.37. The number of benzene rings is 7. The molecular weight excluding hydrogens is 686 g/mol. The van der Waals surface area contributed by atoms with Crippen LogP contribution in [0.4, 0.5) is 0 Å². The third-order valence-corrected chi connectivity index (χ3v) is 9.42. The Bertz CT molecular complexity index is 2890. The van der Waals surface area contributed by atoms with E-state index in [-0.39, 0.29) is 11.1 Å². The normalized spacial score (nSPS) is 11.8. The minimum absolute atomic E-state index is 0.0487. The minimum atomic E-state index is -1.43. The topological polar surface area (TPSA) is 319 Å². The third-order valence-electron chi connectivity index (χ3n) is 9.42. The lowest BCUT2D eigenvalue weighted by Gasteiger charge is -2.24. The van der Waals surface area contributed by atoms with Crippen LogP contribution in [0.1, 0.15) is 0 Å². The zero-order valence-corrected chi connectivity index (χ0v) is 25.7. The molecule has 0 fully saturated rings. The smallest absolute Gasteiger partial charge is 0.205 e. The summed E-state index contributed by atoms with van der Waals surface area (Å²) in [5.74, 6) is -20.1. The average Bonchev–Trinajstić information content (AvgIpc) is 3.52. The van der Waals surface area contributed by atoms with Gasteiger partial charge in [0.25, 0.3) is 0 Å². The molecule has 0 saturated heterocycles. The Hall–Kier alpha value is -7.88. The first-order chi connectivity index (χ1) is 24.6. The van der Waals surface area contributed by atoms with Crippen molar-refractivity contribution in [3.8, 4) is 108 Å². The van der Waals surface area contributed by atoms with E-state index < -0.39 is 130 Å². The molecule has 0 aliphatic heterocycles. The van der Waals surface area contributed by atoms with E-state index in [9.17, 15) is 76.6 Å². The van der Waals surface area contributed by atoms with Gasteiger partial charge in [-0.1, -0.05) is 36.4 Å². The van der Waals surface area contributed by atoms with Crippen LogP contribution >= 0.6 is 0 Å². The van der Waals surface area contributed by atoms with E-state index >= 15 is 0 Å². The molecule has 7 aromatic carbocycles. The Kier molecular flexibility index (Phi) is 6.08. The van der Waals surface area contributed by atoms with E-state index in [1.807, 2.05) is 0 Å². The third kappa shape index (κ3) is 3.58. The van der Waals surface area contributed by atoms with E-state index in [0.29, 0.717) is 21.8 Å². The number of hydrogen-bond donors (Lipinski definition) is 16. The second-order valence-electron chi connectivity index (χ2n) is 12.0. The number of aromatic amines is 1. The maximum absolute atomic E-state index is 11.7. The van der Waals surface area contributed by atoms with Gasteiger partial charge < -0.3 is 81.6 Å². The summed E-state index contributed by atoms with van der Waals surface area (Å²) in [5.41, 5.74) is -1.50. The van der Waals surface area contributed by atoms with Crippen molar-refractivity contribution in [3.63, 3.8) is 0 Å². The largest absolute Gasteiger partial charge is 0.506 e. The van der Waals surface area contributed by atoms with Crippen molar-refractivity contribution in [2.75, 3.05) is 0 Å². The van der Waals surface area contributed by atoms with Crippen molar-refractivity contribution in [3.05, 3.63) is 42.5 Å². The van der Waals surface area contributed by atoms with E-state index in [4.69, 9.17) is 0 Å². The van der Waals surface area contributed by atoms with Crippen molar-refractivity contribution in [1.29, 1.82) is 0 Å². The molecule has 0 radical (unpaired) electrons. The molecule has 0 aliphatic rings. The van der Waals surface area contributed by atoms with Crippen molar-refractivity contribution in [2.45, 2.75) is 0 Å². The number of phenolic OH excluding ortho intramolecular Hbond substituents is 15. The summed E-state index contributed by atoms with van der Waals surface area (Å²) in [6.07, 6.45) is 0. The number of H-pyrrole nitrogens is 1. The van der Waals surface area contributed by atoms with Crippen LogP contribution in [0.2, 0.25) is 0 Å². The summed E-state index contributed by atoms with van der Waals surface area (Å²) in [5, 5.41) is 162.